The Balaban J connectivity index is 3.50. The van der Waals surface area contributed by atoms with E-state index in [0.717, 1.165) is 0 Å². The SMILES string of the molecule is CCOC(/C=C/I)OCC. The van der Waals surface area contributed by atoms with Gasteiger partial charge in [0.15, 0.2) is 6.29 Å². The first-order chi connectivity index (χ1) is 4.85. The van der Waals surface area contributed by atoms with E-state index in [1.54, 1.807) is 0 Å². The van der Waals surface area contributed by atoms with E-state index in [-0.39, 0.29) is 6.29 Å². The second-order valence-electron chi connectivity index (χ2n) is 1.60. The Bertz CT molecular complexity index is 87.6. The minimum Gasteiger partial charge on any atom is -0.349 e. The van der Waals surface area contributed by atoms with Crippen LogP contribution in [-0.2, 0) is 9.47 Å². The lowest BCUT2D eigenvalue weighted by molar-refractivity contribution is -0.103. The van der Waals surface area contributed by atoms with E-state index in [4.69, 9.17) is 9.47 Å². The van der Waals surface area contributed by atoms with E-state index in [1.165, 1.54) is 0 Å². The molecular formula is C7H13IO2. The van der Waals surface area contributed by atoms with E-state index in [1.807, 2.05) is 24.0 Å². The predicted molar refractivity (Wildman–Crippen MR) is 50.2 cm³/mol. The lowest BCUT2D eigenvalue weighted by atomic mass is 10.6. The molecule has 10 heavy (non-hydrogen) atoms. The average Bonchev–Trinajstić information content (AvgIpc) is 1.90. The Morgan fingerprint density at radius 3 is 2.10 bits per heavy atom. The van der Waals surface area contributed by atoms with Crippen LogP contribution in [0, 0.1) is 0 Å². The van der Waals surface area contributed by atoms with Gasteiger partial charge in [0.05, 0.1) is 0 Å². The third kappa shape index (κ3) is 5.20. The molecule has 0 bridgehead atoms. The van der Waals surface area contributed by atoms with Crippen molar-refractivity contribution >= 4 is 22.6 Å². The maximum absolute atomic E-state index is 5.21. The smallest absolute Gasteiger partial charge is 0.177 e. The Morgan fingerprint density at radius 2 is 1.80 bits per heavy atom. The number of halogens is 1. The van der Waals surface area contributed by atoms with Gasteiger partial charge < -0.3 is 9.47 Å². The van der Waals surface area contributed by atoms with Crippen molar-refractivity contribution in [3.63, 3.8) is 0 Å². The third-order valence-electron chi connectivity index (χ3n) is 0.892. The molecule has 60 valence electrons. The van der Waals surface area contributed by atoms with Gasteiger partial charge in [0.2, 0.25) is 0 Å². The van der Waals surface area contributed by atoms with E-state index in [2.05, 4.69) is 22.6 Å². The summed E-state index contributed by atoms with van der Waals surface area (Å²) in [5.74, 6) is 0. The standard InChI is InChI=1S/C7H13IO2/c1-3-9-7(5-6-8)10-4-2/h5-7H,3-4H2,1-2H3/b6-5+. The average molecular weight is 256 g/mol. The molecule has 0 atom stereocenters. The molecule has 0 aromatic carbocycles. The van der Waals surface area contributed by atoms with E-state index >= 15 is 0 Å². The van der Waals surface area contributed by atoms with Crippen molar-refractivity contribution in [3.05, 3.63) is 10.2 Å². The van der Waals surface area contributed by atoms with E-state index < -0.39 is 0 Å². The minimum atomic E-state index is -0.160. The van der Waals surface area contributed by atoms with Crippen LogP contribution in [0.3, 0.4) is 0 Å². The molecule has 0 saturated carbocycles. The van der Waals surface area contributed by atoms with Gasteiger partial charge in [-0.3, -0.25) is 0 Å². The highest BCUT2D eigenvalue weighted by atomic mass is 127. The Hall–Kier alpha value is 0.390. The molecule has 0 aliphatic carbocycles. The molecule has 0 rings (SSSR count). The van der Waals surface area contributed by atoms with Crippen LogP contribution in [0.4, 0.5) is 0 Å². The maximum Gasteiger partial charge on any atom is 0.177 e. The minimum absolute atomic E-state index is 0.160. The molecule has 0 saturated heterocycles. The molecule has 0 fully saturated rings. The zero-order valence-electron chi connectivity index (χ0n) is 6.34. The molecule has 0 aliphatic heterocycles. The highest BCUT2D eigenvalue weighted by Crippen LogP contribution is 1.98. The lowest BCUT2D eigenvalue weighted by Crippen LogP contribution is -2.13. The summed E-state index contributed by atoms with van der Waals surface area (Å²) in [4.78, 5) is 0. The van der Waals surface area contributed by atoms with Crippen LogP contribution in [0.25, 0.3) is 0 Å². The fourth-order valence-electron chi connectivity index (χ4n) is 0.547. The van der Waals surface area contributed by atoms with E-state index in [9.17, 15) is 0 Å². The van der Waals surface area contributed by atoms with Gasteiger partial charge in [-0.25, -0.2) is 0 Å². The summed E-state index contributed by atoms with van der Waals surface area (Å²) in [6.45, 7) is 5.28. The van der Waals surface area contributed by atoms with Crippen LogP contribution >= 0.6 is 22.6 Å². The molecule has 0 heterocycles. The Labute approximate surface area is 75.7 Å². The van der Waals surface area contributed by atoms with Crippen molar-refractivity contribution < 1.29 is 9.47 Å². The van der Waals surface area contributed by atoms with Crippen LogP contribution in [0.2, 0.25) is 0 Å². The third-order valence-corrected chi connectivity index (χ3v) is 1.31. The molecular weight excluding hydrogens is 243 g/mol. The van der Waals surface area contributed by atoms with Crippen LogP contribution < -0.4 is 0 Å². The molecule has 0 amide bonds. The summed E-state index contributed by atoms with van der Waals surface area (Å²) in [7, 11) is 0. The van der Waals surface area contributed by atoms with Gasteiger partial charge in [-0.15, -0.1) is 0 Å². The van der Waals surface area contributed by atoms with Gasteiger partial charge >= 0.3 is 0 Å². The molecule has 0 spiro atoms. The maximum atomic E-state index is 5.21. The van der Waals surface area contributed by atoms with Crippen LogP contribution in [-0.4, -0.2) is 19.5 Å². The van der Waals surface area contributed by atoms with Gasteiger partial charge in [0.25, 0.3) is 0 Å². The predicted octanol–water partition coefficient (Wildman–Crippen LogP) is 2.33. The first-order valence-electron chi connectivity index (χ1n) is 3.35. The highest BCUT2D eigenvalue weighted by molar-refractivity contribution is 14.1. The topological polar surface area (TPSA) is 18.5 Å². The van der Waals surface area contributed by atoms with Crippen LogP contribution in [0.1, 0.15) is 13.8 Å². The summed E-state index contributed by atoms with van der Waals surface area (Å²) >= 11 is 2.14. The number of hydrogen-bond donors (Lipinski definition) is 0. The summed E-state index contributed by atoms with van der Waals surface area (Å²) in [6, 6.07) is 0. The molecule has 3 heteroatoms. The zero-order valence-corrected chi connectivity index (χ0v) is 8.50. The molecule has 0 aliphatic rings. The van der Waals surface area contributed by atoms with Crippen LogP contribution in [0.15, 0.2) is 10.2 Å². The van der Waals surface area contributed by atoms with E-state index in [0.29, 0.717) is 13.2 Å². The lowest BCUT2D eigenvalue weighted by Gasteiger charge is -2.11. The zero-order chi connectivity index (χ0) is 7.82. The summed E-state index contributed by atoms with van der Waals surface area (Å²) in [6.07, 6.45) is 1.72. The fraction of sp³-hybridized carbons (Fsp3) is 0.714. The number of hydrogen-bond acceptors (Lipinski definition) is 2. The second kappa shape index (κ2) is 7.50. The summed E-state index contributed by atoms with van der Waals surface area (Å²) in [5, 5.41) is 0. The van der Waals surface area contributed by atoms with Crippen LogP contribution in [0.5, 0.6) is 0 Å². The molecule has 0 unspecified atom stereocenters. The molecule has 0 aromatic rings. The first kappa shape index (κ1) is 10.4. The number of ether oxygens (including phenoxy) is 2. The number of rotatable bonds is 5. The normalized spacial score (nSPS) is 11.6. The van der Waals surface area contributed by atoms with Gasteiger partial charge in [-0.2, -0.15) is 0 Å². The Morgan fingerprint density at radius 1 is 1.30 bits per heavy atom. The summed E-state index contributed by atoms with van der Waals surface area (Å²) in [5.41, 5.74) is 0. The van der Waals surface area contributed by atoms with Crippen molar-refractivity contribution in [2.24, 2.45) is 0 Å². The van der Waals surface area contributed by atoms with Crippen molar-refractivity contribution in [1.29, 1.82) is 0 Å². The van der Waals surface area contributed by atoms with Crippen molar-refractivity contribution in [2.45, 2.75) is 20.1 Å². The monoisotopic (exact) mass is 256 g/mol. The van der Waals surface area contributed by atoms with Gasteiger partial charge in [-0.05, 0) is 24.0 Å². The van der Waals surface area contributed by atoms with Crippen molar-refractivity contribution in [2.75, 3.05) is 13.2 Å². The quantitative estimate of drug-likeness (QED) is 0.555. The van der Waals surface area contributed by atoms with Crippen molar-refractivity contribution in [3.8, 4) is 0 Å². The first-order valence-corrected chi connectivity index (χ1v) is 4.59. The fourth-order valence-corrected chi connectivity index (χ4v) is 0.886. The molecule has 0 aromatic heterocycles. The molecule has 2 nitrogen and oxygen atoms in total. The summed E-state index contributed by atoms with van der Waals surface area (Å²) < 4.78 is 12.3. The molecule has 0 radical (unpaired) electrons. The second-order valence-corrected chi connectivity index (χ2v) is 2.32. The largest absolute Gasteiger partial charge is 0.349 e. The Kier molecular flexibility index (Phi) is 7.79. The van der Waals surface area contributed by atoms with Gasteiger partial charge in [0.1, 0.15) is 0 Å². The molecule has 0 N–H and O–H groups in total. The highest BCUT2D eigenvalue weighted by Gasteiger charge is 1.99. The van der Waals surface area contributed by atoms with Crippen molar-refractivity contribution in [1.82, 2.24) is 0 Å². The van der Waals surface area contributed by atoms with Gasteiger partial charge in [-0.1, -0.05) is 22.6 Å². The van der Waals surface area contributed by atoms with Gasteiger partial charge in [0, 0.05) is 13.2 Å².